The molecule has 0 unspecified atom stereocenters. The topological polar surface area (TPSA) is 74.6 Å². The number of carboxylic acids is 1. The number of carbonyl (C=O) groups is 2. The van der Waals surface area contributed by atoms with Crippen molar-refractivity contribution < 1.29 is 19.8 Å². The highest BCUT2D eigenvalue weighted by Crippen LogP contribution is 2.45. The molecule has 0 fully saturated rings. The molecule has 0 aromatic heterocycles. The maximum absolute atomic E-state index is 12.2. The van der Waals surface area contributed by atoms with Crippen LogP contribution in [0, 0.1) is 5.41 Å². The van der Waals surface area contributed by atoms with Gasteiger partial charge in [-0.3, -0.25) is 4.79 Å². The molecule has 4 nitrogen and oxygen atoms in total. The van der Waals surface area contributed by atoms with Gasteiger partial charge in [0.25, 0.3) is 0 Å². The van der Waals surface area contributed by atoms with E-state index in [1.807, 2.05) is 26.0 Å². The first-order chi connectivity index (χ1) is 12.5. The zero-order chi connectivity index (χ0) is 20.2. The van der Waals surface area contributed by atoms with E-state index in [4.69, 9.17) is 16.7 Å². The molecule has 0 aliphatic heterocycles. The molecular formula is C22H23ClO4. The number of carboxylic acid groups (broad SMARTS) is 1. The number of carbonyl (C=O) groups excluding carboxylic acids is 1. The van der Waals surface area contributed by atoms with Crippen LogP contribution in [0.2, 0.25) is 5.02 Å². The van der Waals surface area contributed by atoms with Crippen LogP contribution in [0.4, 0.5) is 0 Å². The van der Waals surface area contributed by atoms with Gasteiger partial charge in [-0.15, -0.1) is 0 Å². The van der Waals surface area contributed by atoms with Crippen molar-refractivity contribution in [3.05, 3.63) is 76.4 Å². The minimum Gasteiger partial charge on any atom is -0.478 e. The summed E-state index contributed by atoms with van der Waals surface area (Å²) in [5, 5.41) is 20.9. The van der Waals surface area contributed by atoms with Crippen LogP contribution in [-0.4, -0.2) is 27.6 Å². The van der Waals surface area contributed by atoms with Gasteiger partial charge in [0.1, 0.15) is 5.60 Å². The van der Waals surface area contributed by atoms with E-state index in [-0.39, 0.29) is 12.2 Å². The Bertz CT molecular complexity index is 857. The first kappa shape index (κ1) is 20.9. The van der Waals surface area contributed by atoms with E-state index in [2.05, 4.69) is 0 Å². The van der Waals surface area contributed by atoms with Gasteiger partial charge in [0, 0.05) is 22.9 Å². The summed E-state index contributed by atoms with van der Waals surface area (Å²) in [6, 6.07) is 7.20. The lowest BCUT2D eigenvalue weighted by molar-refractivity contribution is -0.131. The van der Waals surface area contributed by atoms with Gasteiger partial charge >= 0.3 is 5.97 Å². The van der Waals surface area contributed by atoms with Crippen molar-refractivity contribution in [2.45, 2.75) is 32.8 Å². The number of benzene rings is 1. The predicted octanol–water partition coefficient (Wildman–Crippen LogP) is 4.60. The number of hydrogen-bond donors (Lipinski definition) is 2. The smallest absolute Gasteiger partial charge is 0.328 e. The van der Waals surface area contributed by atoms with E-state index in [1.165, 1.54) is 6.08 Å². The average Bonchev–Trinajstić information content (AvgIpc) is 2.55. The van der Waals surface area contributed by atoms with Crippen LogP contribution in [0.15, 0.2) is 65.8 Å². The average molecular weight is 387 g/mol. The Balaban J connectivity index is 2.44. The Morgan fingerprint density at radius 2 is 1.81 bits per heavy atom. The minimum absolute atomic E-state index is 0.0633. The van der Waals surface area contributed by atoms with Crippen molar-refractivity contribution in [1.82, 2.24) is 0 Å². The molecule has 1 aromatic rings. The molecule has 0 bridgehead atoms. The van der Waals surface area contributed by atoms with Gasteiger partial charge in [-0.1, -0.05) is 55.8 Å². The third-order valence-corrected chi connectivity index (χ3v) is 4.92. The lowest BCUT2D eigenvalue weighted by Crippen LogP contribution is -2.48. The second kappa shape index (κ2) is 8.07. The Kier molecular flexibility index (Phi) is 6.24. The lowest BCUT2D eigenvalue weighted by Gasteiger charge is -2.44. The zero-order valence-corrected chi connectivity index (χ0v) is 16.3. The van der Waals surface area contributed by atoms with Crippen LogP contribution in [0.1, 0.15) is 32.8 Å². The van der Waals surface area contributed by atoms with Gasteiger partial charge in [0.2, 0.25) is 0 Å². The first-order valence-electron chi connectivity index (χ1n) is 8.55. The van der Waals surface area contributed by atoms with Crippen molar-refractivity contribution in [2.24, 2.45) is 5.41 Å². The molecule has 1 atom stereocenters. The van der Waals surface area contributed by atoms with Gasteiger partial charge in [-0.05, 0) is 47.9 Å². The highest BCUT2D eigenvalue weighted by molar-refractivity contribution is 6.30. The number of halogens is 1. The largest absolute Gasteiger partial charge is 0.478 e. The molecule has 5 heteroatoms. The summed E-state index contributed by atoms with van der Waals surface area (Å²) in [5.74, 6) is -1.12. The van der Waals surface area contributed by atoms with Crippen molar-refractivity contribution in [3.8, 4) is 0 Å². The summed E-state index contributed by atoms with van der Waals surface area (Å²) in [4.78, 5) is 23.0. The highest BCUT2D eigenvalue weighted by Gasteiger charge is 2.47. The minimum atomic E-state index is -1.42. The molecule has 0 saturated heterocycles. The van der Waals surface area contributed by atoms with Gasteiger partial charge in [0.15, 0.2) is 5.78 Å². The second-order valence-electron chi connectivity index (χ2n) is 7.34. The fraction of sp³-hybridized carbons (Fsp3) is 0.273. The molecule has 27 heavy (non-hydrogen) atoms. The van der Waals surface area contributed by atoms with Crippen LogP contribution < -0.4 is 0 Å². The summed E-state index contributed by atoms with van der Waals surface area (Å²) >= 11 is 5.89. The first-order valence-corrected chi connectivity index (χ1v) is 8.93. The van der Waals surface area contributed by atoms with Crippen LogP contribution >= 0.6 is 11.6 Å². The summed E-state index contributed by atoms with van der Waals surface area (Å²) in [6.45, 7) is 5.27. The number of allylic oxidation sites excluding steroid dienone is 3. The van der Waals surface area contributed by atoms with E-state index in [9.17, 15) is 14.7 Å². The Morgan fingerprint density at radius 3 is 2.41 bits per heavy atom. The normalized spacial score (nSPS) is 23.1. The van der Waals surface area contributed by atoms with Crippen LogP contribution in [0.5, 0.6) is 0 Å². The van der Waals surface area contributed by atoms with Crippen molar-refractivity contribution in [3.63, 3.8) is 0 Å². The molecule has 0 spiro atoms. The van der Waals surface area contributed by atoms with Gasteiger partial charge in [-0.25, -0.2) is 4.79 Å². The third-order valence-electron chi connectivity index (χ3n) is 4.67. The molecule has 2 N–H and O–H groups in total. The fourth-order valence-electron chi connectivity index (χ4n) is 3.05. The lowest BCUT2D eigenvalue weighted by atomic mass is 9.64. The monoisotopic (exact) mass is 386 g/mol. The maximum Gasteiger partial charge on any atom is 0.328 e. The Morgan fingerprint density at radius 1 is 1.19 bits per heavy atom. The van der Waals surface area contributed by atoms with Gasteiger partial charge in [-0.2, -0.15) is 0 Å². The Hall–Kier alpha value is -2.43. The van der Waals surface area contributed by atoms with Crippen LogP contribution in [-0.2, 0) is 9.59 Å². The van der Waals surface area contributed by atoms with Gasteiger partial charge < -0.3 is 10.2 Å². The highest BCUT2D eigenvalue weighted by atomic mass is 35.5. The molecule has 0 radical (unpaired) electrons. The second-order valence-corrected chi connectivity index (χ2v) is 7.77. The molecule has 0 saturated carbocycles. The quantitative estimate of drug-likeness (QED) is 0.573. The van der Waals surface area contributed by atoms with E-state index < -0.39 is 17.0 Å². The number of aliphatic hydroxyl groups is 1. The summed E-state index contributed by atoms with van der Waals surface area (Å²) in [5.41, 5.74) is -0.345. The molecule has 0 heterocycles. The third kappa shape index (κ3) is 5.06. The SMILES string of the molecule is CC(=C/C(=O)O)/C=C/[C@@]1(O)C(/C=C/c2ccc(Cl)cc2)=CC(=O)CC1(C)C. The molecular weight excluding hydrogens is 364 g/mol. The molecule has 2 rings (SSSR count). The summed E-state index contributed by atoms with van der Waals surface area (Å²) in [6.07, 6.45) is 9.33. The summed E-state index contributed by atoms with van der Waals surface area (Å²) < 4.78 is 0. The number of hydrogen-bond acceptors (Lipinski definition) is 3. The van der Waals surface area contributed by atoms with Crippen molar-refractivity contribution in [1.29, 1.82) is 0 Å². The molecule has 1 aromatic carbocycles. The van der Waals surface area contributed by atoms with Crippen molar-refractivity contribution in [2.75, 3.05) is 0 Å². The summed E-state index contributed by atoms with van der Waals surface area (Å²) in [7, 11) is 0. The van der Waals surface area contributed by atoms with E-state index >= 15 is 0 Å². The molecule has 1 aliphatic carbocycles. The predicted molar refractivity (Wildman–Crippen MR) is 107 cm³/mol. The fourth-order valence-corrected chi connectivity index (χ4v) is 3.17. The van der Waals surface area contributed by atoms with E-state index in [1.54, 1.807) is 43.4 Å². The van der Waals surface area contributed by atoms with Crippen LogP contribution in [0.3, 0.4) is 0 Å². The van der Waals surface area contributed by atoms with Crippen molar-refractivity contribution >= 4 is 29.4 Å². The zero-order valence-electron chi connectivity index (χ0n) is 15.6. The van der Waals surface area contributed by atoms with E-state index in [0.29, 0.717) is 16.2 Å². The number of ketones is 1. The maximum atomic E-state index is 12.2. The van der Waals surface area contributed by atoms with E-state index in [0.717, 1.165) is 11.6 Å². The Labute approximate surface area is 164 Å². The number of aliphatic carboxylic acids is 1. The number of rotatable bonds is 5. The molecule has 1 aliphatic rings. The standard InChI is InChI=1S/C22H23ClO4/c1-15(12-20(25)26)10-11-22(27)17(13-19(24)14-21(22,2)3)7-4-16-5-8-18(23)9-6-16/h4-13,27H,14H2,1-3H3,(H,25,26)/b7-4+,11-10+,15-12-/t22-/m1/s1. The molecule has 0 amide bonds. The van der Waals surface area contributed by atoms with Gasteiger partial charge in [0.05, 0.1) is 0 Å². The van der Waals surface area contributed by atoms with Crippen LogP contribution in [0.25, 0.3) is 6.08 Å². The molecule has 142 valence electrons.